The Balaban J connectivity index is 2.01. The molecule has 1 unspecified atom stereocenters. The summed E-state index contributed by atoms with van der Waals surface area (Å²) in [5, 5.41) is 2.89. The summed E-state index contributed by atoms with van der Waals surface area (Å²) in [5.74, 6) is 1.09. The topological polar surface area (TPSA) is 93.1 Å². The lowest BCUT2D eigenvalue weighted by Crippen LogP contribution is -2.33. The van der Waals surface area contributed by atoms with Crippen molar-refractivity contribution < 1.29 is 19.1 Å². The van der Waals surface area contributed by atoms with Gasteiger partial charge in [-0.3, -0.25) is 4.90 Å². The van der Waals surface area contributed by atoms with E-state index >= 15 is 0 Å². The zero-order chi connectivity index (χ0) is 18.4. The normalized spacial score (nSPS) is 18.3. The third kappa shape index (κ3) is 5.72. The molecule has 1 heterocycles. The Morgan fingerprint density at radius 2 is 2.04 bits per heavy atom. The largest absolute Gasteiger partial charge is 0.433 e. The van der Waals surface area contributed by atoms with Gasteiger partial charge >= 0.3 is 13.8 Å². The number of unbranched alkanes of at least 4 members (excludes halogenated alkanes) is 2. The summed E-state index contributed by atoms with van der Waals surface area (Å²) < 4.78 is 12.2. The van der Waals surface area contributed by atoms with Gasteiger partial charge in [0, 0.05) is 24.5 Å². The van der Waals surface area contributed by atoms with E-state index in [2.05, 4.69) is 17.3 Å². The minimum Gasteiger partial charge on any atom is -0.308 e. The van der Waals surface area contributed by atoms with Crippen molar-refractivity contribution in [1.29, 1.82) is 0 Å². The third-order valence-electron chi connectivity index (χ3n) is 4.09. The lowest BCUT2D eigenvalue weighted by Gasteiger charge is -2.24. The Labute approximate surface area is 153 Å². The van der Waals surface area contributed by atoms with Crippen molar-refractivity contribution in [2.75, 3.05) is 31.2 Å². The quantitative estimate of drug-likeness (QED) is 0.490. The number of hydrogen-bond donors (Lipinski definition) is 3. The van der Waals surface area contributed by atoms with Crippen molar-refractivity contribution in [3.05, 3.63) is 29.8 Å². The van der Waals surface area contributed by atoms with Gasteiger partial charge in [-0.2, -0.15) is 0 Å². The first-order valence-corrected chi connectivity index (χ1v) is 11.0. The number of urea groups is 1. The highest BCUT2D eigenvalue weighted by atomic mass is 32.2. The SMILES string of the molecule is CCCCCN(C(=O)Nc1ccc(C2SCCN2C)cc1)P(=O)(O)O. The Hall–Kier alpha value is -1.05. The van der Waals surface area contributed by atoms with Crippen LogP contribution in [0.5, 0.6) is 0 Å². The number of benzene rings is 1. The number of carbonyl (C=O) groups is 1. The van der Waals surface area contributed by atoms with E-state index in [0.717, 1.165) is 30.7 Å². The molecule has 1 fully saturated rings. The van der Waals surface area contributed by atoms with Crippen LogP contribution in [0.2, 0.25) is 0 Å². The maximum atomic E-state index is 12.3. The summed E-state index contributed by atoms with van der Waals surface area (Å²) in [7, 11) is -2.55. The van der Waals surface area contributed by atoms with Gasteiger partial charge < -0.3 is 15.1 Å². The molecule has 140 valence electrons. The molecule has 0 radical (unpaired) electrons. The number of nitrogens with one attached hydrogen (secondary N) is 1. The molecule has 2 rings (SSSR count). The summed E-state index contributed by atoms with van der Waals surface area (Å²) >= 11 is 1.87. The van der Waals surface area contributed by atoms with Crippen LogP contribution in [0.15, 0.2) is 24.3 Å². The smallest absolute Gasteiger partial charge is 0.308 e. The number of hydrogen-bond acceptors (Lipinski definition) is 4. The second kappa shape index (κ2) is 9.05. The molecule has 0 saturated carbocycles. The summed E-state index contributed by atoms with van der Waals surface area (Å²) in [5.41, 5.74) is 1.67. The van der Waals surface area contributed by atoms with Crippen molar-refractivity contribution in [2.24, 2.45) is 0 Å². The number of amides is 2. The maximum absolute atomic E-state index is 12.3. The van der Waals surface area contributed by atoms with Crippen molar-refractivity contribution in [3.8, 4) is 0 Å². The van der Waals surface area contributed by atoms with E-state index in [-0.39, 0.29) is 6.54 Å². The van der Waals surface area contributed by atoms with Crippen molar-refractivity contribution in [1.82, 2.24) is 9.57 Å². The molecular weight excluding hydrogens is 361 g/mol. The molecule has 3 N–H and O–H groups in total. The first-order chi connectivity index (χ1) is 11.8. The van der Waals surface area contributed by atoms with Crippen LogP contribution >= 0.6 is 19.5 Å². The number of carbonyl (C=O) groups excluding carboxylic acids is 1. The molecule has 25 heavy (non-hydrogen) atoms. The Kier molecular flexibility index (Phi) is 7.34. The summed E-state index contributed by atoms with van der Waals surface area (Å²) in [6.45, 7) is 3.07. The highest BCUT2D eigenvalue weighted by Gasteiger charge is 2.30. The molecular formula is C16H26N3O4PS. The number of thioether (sulfide) groups is 1. The molecule has 0 spiro atoms. The predicted molar refractivity (Wildman–Crippen MR) is 102 cm³/mol. The summed E-state index contributed by atoms with van der Waals surface area (Å²) in [4.78, 5) is 33.3. The van der Waals surface area contributed by atoms with E-state index in [1.165, 1.54) is 0 Å². The minimum absolute atomic E-state index is 0.0333. The monoisotopic (exact) mass is 387 g/mol. The second-order valence-corrected chi connectivity index (χ2v) is 8.80. The molecule has 1 aromatic rings. The van der Waals surface area contributed by atoms with Crippen molar-refractivity contribution in [2.45, 2.75) is 31.6 Å². The van der Waals surface area contributed by atoms with Gasteiger partial charge in [0.2, 0.25) is 0 Å². The van der Waals surface area contributed by atoms with Gasteiger partial charge in [0.05, 0.1) is 5.37 Å². The highest BCUT2D eigenvalue weighted by Crippen LogP contribution is 2.41. The van der Waals surface area contributed by atoms with Gasteiger partial charge in [-0.15, -0.1) is 11.8 Å². The number of nitrogens with zero attached hydrogens (tertiary/aromatic N) is 2. The van der Waals surface area contributed by atoms with Crippen LogP contribution in [0.1, 0.15) is 37.1 Å². The van der Waals surface area contributed by atoms with Crippen LogP contribution in [-0.4, -0.2) is 51.3 Å². The summed E-state index contributed by atoms with van der Waals surface area (Å²) in [6, 6.07) is 6.64. The van der Waals surface area contributed by atoms with Crippen LogP contribution in [0, 0.1) is 0 Å². The standard InChI is InChI=1S/C16H26N3O4PS/c1-3-4-5-10-19(24(21,22)23)16(20)17-14-8-6-13(7-9-14)15-18(2)11-12-25-15/h6-9,15H,3-5,10-12H2,1-2H3,(H,17,20)(H2,21,22,23). The van der Waals surface area contributed by atoms with Gasteiger partial charge in [-0.25, -0.2) is 14.0 Å². The first-order valence-electron chi connectivity index (χ1n) is 8.39. The fourth-order valence-corrected chi connectivity index (χ4v) is 4.70. The molecule has 0 bridgehead atoms. The van der Waals surface area contributed by atoms with Crippen molar-refractivity contribution >= 4 is 31.2 Å². The van der Waals surface area contributed by atoms with Gasteiger partial charge in [0.25, 0.3) is 0 Å². The van der Waals surface area contributed by atoms with Crippen LogP contribution < -0.4 is 5.32 Å². The summed E-state index contributed by atoms with van der Waals surface area (Å²) in [6.07, 6.45) is 2.27. The Morgan fingerprint density at radius 1 is 1.36 bits per heavy atom. The number of rotatable bonds is 7. The Morgan fingerprint density at radius 3 is 2.56 bits per heavy atom. The highest BCUT2D eigenvalue weighted by molar-refractivity contribution is 7.99. The van der Waals surface area contributed by atoms with Gasteiger partial charge in [0.1, 0.15) is 0 Å². The lowest BCUT2D eigenvalue weighted by molar-refractivity contribution is 0.219. The van der Waals surface area contributed by atoms with E-state index in [1.54, 1.807) is 12.1 Å². The fourth-order valence-electron chi connectivity index (χ4n) is 2.68. The first kappa shape index (κ1) is 20.3. The van der Waals surface area contributed by atoms with Crippen molar-refractivity contribution in [3.63, 3.8) is 0 Å². The van der Waals surface area contributed by atoms with Gasteiger partial charge in [0.15, 0.2) is 0 Å². The van der Waals surface area contributed by atoms with E-state index in [0.29, 0.717) is 22.2 Å². The predicted octanol–water partition coefficient (Wildman–Crippen LogP) is 3.48. The van der Waals surface area contributed by atoms with Crippen LogP contribution in [0.25, 0.3) is 0 Å². The average molecular weight is 387 g/mol. The van der Waals surface area contributed by atoms with E-state index in [4.69, 9.17) is 0 Å². The molecule has 0 aromatic heterocycles. The molecule has 1 aliphatic heterocycles. The Bertz CT molecular complexity index is 622. The van der Waals surface area contributed by atoms with Crippen LogP contribution in [0.4, 0.5) is 10.5 Å². The lowest BCUT2D eigenvalue weighted by atomic mass is 10.2. The molecule has 1 aromatic carbocycles. The third-order valence-corrected chi connectivity index (χ3v) is 6.47. The van der Waals surface area contributed by atoms with E-state index in [9.17, 15) is 19.1 Å². The molecule has 9 heteroatoms. The average Bonchev–Trinajstić information content (AvgIpc) is 2.97. The zero-order valence-electron chi connectivity index (χ0n) is 14.6. The molecule has 7 nitrogen and oxygen atoms in total. The molecule has 2 amide bonds. The second-order valence-electron chi connectivity index (χ2n) is 6.10. The maximum Gasteiger partial charge on any atom is 0.433 e. The van der Waals surface area contributed by atoms with Gasteiger partial charge in [-0.05, 0) is 31.2 Å². The zero-order valence-corrected chi connectivity index (χ0v) is 16.3. The molecule has 0 aliphatic carbocycles. The fraction of sp³-hybridized carbons (Fsp3) is 0.562. The van der Waals surface area contributed by atoms with Gasteiger partial charge in [-0.1, -0.05) is 31.9 Å². The minimum atomic E-state index is -4.63. The molecule has 1 atom stereocenters. The molecule has 1 saturated heterocycles. The van der Waals surface area contributed by atoms with E-state index in [1.807, 2.05) is 30.8 Å². The van der Waals surface area contributed by atoms with Crippen LogP contribution in [-0.2, 0) is 4.57 Å². The molecule has 1 aliphatic rings. The van der Waals surface area contributed by atoms with E-state index < -0.39 is 13.8 Å². The van der Waals surface area contributed by atoms with Crippen LogP contribution in [0.3, 0.4) is 0 Å². The number of anilines is 1.